The molecule has 0 fully saturated rings. The Labute approximate surface area is 128 Å². The number of aliphatic carboxylic acids is 1. The van der Waals surface area contributed by atoms with Crippen molar-refractivity contribution in [1.82, 2.24) is 4.98 Å². The molecule has 0 radical (unpaired) electrons. The summed E-state index contributed by atoms with van der Waals surface area (Å²) < 4.78 is 5.17. The van der Waals surface area contributed by atoms with Crippen molar-refractivity contribution in [3.63, 3.8) is 0 Å². The van der Waals surface area contributed by atoms with Crippen LogP contribution in [0.5, 0.6) is 5.88 Å². The maximum Gasteiger partial charge on any atom is 0.307 e. The molecule has 0 amide bonds. The van der Waals surface area contributed by atoms with Gasteiger partial charge in [-0.3, -0.25) is 4.79 Å². The maximum atomic E-state index is 11.5. The van der Waals surface area contributed by atoms with Gasteiger partial charge in [0.25, 0.3) is 0 Å². The van der Waals surface area contributed by atoms with Crippen molar-refractivity contribution in [2.75, 3.05) is 7.11 Å². The van der Waals surface area contributed by atoms with Crippen molar-refractivity contribution in [2.24, 2.45) is 5.92 Å². The molecule has 21 heavy (non-hydrogen) atoms. The predicted molar refractivity (Wildman–Crippen MR) is 80.8 cm³/mol. The van der Waals surface area contributed by atoms with E-state index in [0.717, 1.165) is 11.1 Å². The number of pyridine rings is 1. The Balaban J connectivity index is 2.16. The van der Waals surface area contributed by atoms with Gasteiger partial charge in [-0.1, -0.05) is 29.8 Å². The van der Waals surface area contributed by atoms with E-state index in [-0.39, 0.29) is 0 Å². The second-order valence-electron chi connectivity index (χ2n) is 4.74. The Bertz CT molecular complexity index is 613. The Morgan fingerprint density at radius 3 is 2.62 bits per heavy atom. The van der Waals surface area contributed by atoms with E-state index in [2.05, 4.69) is 4.98 Å². The summed E-state index contributed by atoms with van der Waals surface area (Å²) in [5.74, 6) is -0.903. The summed E-state index contributed by atoms with van der Waals surface area (Å²) in [5, 5.41) is 10.1. The number of hydrogen-bond donors (Lipinski definition) is 1. The van der Waals surface area contributed by atoms with Gasteiger partial charge in [0.1, 0.15) is 0 Å². The van der Waals surface area contributed by atoms with E-state index in [0.29, 0.717) is 23.7 Å². The molecule has 1 aromatic carbocycles. The zero-order valence-electron chi connectivity index (χ0n) is 11.6. The van der Waals surface area contributed by atoms with Gasteiger partial charge in [-0.2, -0.15) is 0 Å². The first-order chi connectivity index (χ1) is 10.1. The third-order valence-electron chi connectivity index (χ3n) is 3.25. The average Bonchev–Trinajstić information content (AvgIpc) is 2.49. The van der Waals surface area contributed by atoms with Gasteiger partial charge < -0.3 is 9.84 Å². The highest BCUT2D eigenvalue weighted by atomic mass is 35.5. The van der Waals surface area contributed by atoms with Gasteiger partial charge >= 0.3 is 5.97 Å². The molecule has 4 nitrogen and oxygen atoms in total. The van der Waals surface area contributed by atoms with Gasteiger partial charge in [0.15, 0.2) is 0 Å². The highest BCUT2D eigenvalue weighted by molar-refractivity contribution is 6.30. The Morgan fingerprint density at radius 1 is 1.29 bits per heavy atom. The van der Waals surface area contributed by atoms with Crippen LogP contribution in [0, 0.1) is 5.92 Å². The summed E-state index contributed by atoms with van der Waals surface area (Å²) in [6.07, 6.45) is 2.43. The number of nitrogens with zero attached hydrogens (tertiary/aromatic N) is 1. The molecule has 0 aliphatic rings. The maximum absolute atomic E-state index is 11.5. The van der Waals surface area contributed by atoms with Crippen LogP contribution in [0.1, 0.15) is 11.1 Å². The quantitative estimate of drug-likeness (QED) is 0.890. The highest BCUT2D eigenvalue weighted by Gasteiger charge is 2.20. The van der Waals surface area contributed by atoms with E-state index in [1.807, 2.05) is 18.2 Å². The van der Waals surface area contributed by atoms with Crippen molar-refractivity contribution in [3.05, 3.63) is 58.7 Å². The van der Waals surface area contributed by atoms with Gasteiger partial charge in [0.2, 0.25) is 5.88 Å². The number of hydrogen-bond acceptors (Lipinski definition) is 3. The Morgan fingerprint density at radius 2 is 2.00 bits per heavy atom. The first kappa shape index (κ1) is 15.3. The van der Waals surface area contributed by atoms with Crippen molar-refractivity contribution in [2.45, 2.75) is 12.8 Å². The van der Waals surface area contributed by atoms with E-state index >= 15 is 0 Å². The number of benzene rings is 1. The lowest BCUT2D eigenvalue weighted by atomic mass is 9.93. The fraction of sp³-hybridized carbons (Fsp3) is 0.250. The largest absolute Gasteiger partial charge is 0.481 e. The minimum atomic E-state index is -0.837. The van der Waals surface area contributed by atoms with Crippen LogP contribution in [0.3, 0.4) is 0 Å². The molecular formula is C16H16ClNO3. The predicted octanol–water partition coefficient (Wildman–Crippen LogP) is 3.23. The monoisotopic (exact) mass is 305 g/mol. The number of halogens is 1. The van der Waals surface area contributed by atoms with E-state index < -0.39 is 11.9 Å². The molecule has 2 aromatic rings. The molecule has 0 saturated carbocycles. The third kappa shape index (κ3) is 4.20. The second kappa shape index (κ2) is 7.09. The fourth-order valence-electron chi connectivity index (χ4n) is 2.18. The lowest BCUT2D eigenvalue weighted by Crippen LogP contribution is -2.19. The molecule has 1 atom stereocenters. The van der Waals surface area contributed by atoms with Gasteiger partial charge in [-0.15, -0.1) is 0 Å². The van der Waals surface area contributed by atoms with Gasteiger partial charge in [-0.05, 0) is 36.6 Å². The molecule has 0 aliphatic heterocycles. The molecule has 2 rings (SSSR count). The number of aromatic nitrogens is 1. The Hall–Kier alpha value is -2.07. The smallest absolute Gasteiger partial charge is 0.307 e. The molecule has 1 N–H and O–H groups in total. The first-order valence-corrected chi connectivity index (χ1v) is 6.93. The molecule has 0 spiro atoms. The molecule has 0 saturated heterocycles. The molecule has 1 heterocycles. The minimum Gasteiger partial charge on any atom is -0.481 e. The number of carboxylic acid groups (broad SMARTS) is 1. The van der Waals surface area contributed by atoms with Crippen molar-refractivity contribution in [1.29, 1.82) is 0 Å². The van der Waals surface area contributed by atoms with Crippen LogP contribution in [0.15, 0.2) is 42.6 Å². The molecular weight excluding hydrogens is 290 g/mol. The number of ether oxygens (including phenoxy) is 1. The Kier molecular flexibility index (Phi) is 5.17. The van der Waals surface area contributed by atoms with E-state index in [1.165, 1.54) is 7.11 Å². The van der Waals surface area contributed by atoms with Crippen LogP contribution in [0.4, 0.5) is 0 Å². The molecule has 5 heteroatoms. The number of carbonyl (C=O) groups is 1. The summed E-state index contributed by atoms with van der Waals surface area (Å²) in [6.45, 7) is 0. The zero-order chi connectivity index (χ0) is 15.2. The molecule has 0 aliphatic carbocycles. The summed E-state index contributed by atoms with van der Waals surface area (Å²) in [7, 11) is 1.53. The topological polar surface area (TPSA) is 59.4 Å². The molecule has 110 valence electrons. The average molecular weight is 306 g/mol. The summed E-state index contributed by atoms with van der Waals surface area (Å²) in [4.78, 5) is 15.6. The highest BCUT2D eigenvalue weighted by Crippen LogP contribution is 2.21. The van der Waals surface area contributed by atoms with Crippen LogP contribution < -0.4 is 4.74 Å². The lowest BCUT2D eigenvalue weighted by molar-refractivity contribution is -0.141. The van der Waals surface area contributed by atoms with Crippen LogP contribution in [-0.2, 0) is 17.6 Å². The van der Waals surface area contributed by atoms with Crippen LogP contribution in [-0.4, -0.2) is 23.2 Å². The second-order valence-corrected chi connectivity index (χ2v) is 5.18. The molecule has 1 unspecified atom stereocenters. The van der Waals surface area contributed by atoms with Crippen LogP contribution >= 0.6 is 11.6 Å². The van der Waals surface area contributed by atoms with Gasteiger partial charge in [0.05, 0.1) is 13.0 Å². The minimum absolute atomic E-state index is 0.370. The standard InChI is InChI=1S/C16H16ClNO3/c1-21-15-12(3-2-8-18-15)10-13(16(19)20)9-11-4-6-14(17)7-5-11/h2-8,13H,9-10H2,1H3,(H,19,20). The van der Waals surface area contributed by atoms with Crippen LogP contribution in [0.2, 0.25) is 5.02 Å². The summed E-state index contributed by atoms with van der Waals surface area (Å²) in [5.41, 5.74) is 1.73. The van der Waals surface area contributed by atoms with E-state index in [4.69, 9.17) is 16.3 Å². The van der Waals surface area contributed by atoms with E-state index in [9.17, 15) is 9.90 Å². The van der Waals surface area contributed by atoms with Gasteiger partial charge in [0, 0.05) is 16.8 Å². The van der Waals surface area contributed by atoms with Gasteiger partial charge in [-0.25, -0.2) is 4.98 Å². The number of carboxylic acids is 1. The van der Waals surface area contributed by atoms with Crippen molar-refractivity contribution >= 4 is 17.6 Å². The van der Waals surface area contributed by atoms with Crippen LogP contribution in [0.25, 0.3) is 0 Å². The first-order valence-electron chi connectivity index (χ1n) is 6.55. The summed E-state index contributed by atoms with van der Waals surface area (Å²) in [6, 6.07) is 10.8. The van der Waals surface area contributed by atoms with Crippen molar-refractivity contribution in [3.8, 4) is 5.88 Å². The normalized spacial score (nSPS) is 11.9. The molecule has 1 aromatic heterocycles. The zero-order valence-corrected chi connectivity index (χ0v) is 12.4. The molecule has 0 bridgehead atoms. The third-order valence-corrected chi connectivity index (χ3v) is 3.51. The lowest BCUT2D eigenvalue weighted by Gasteiger charge is -2.14. The summed E-state index contributed by atoms with van der Waals surface area (Å²) >= 11 is 5.84. The van der Waals surface area contributed by atoms with E-state index in [1.54, 1.807) is 24.4 Å². The number of methoxy groups -OCH3 is 1. The fourth-order valence-corrected chi connectivity index (χ4v) is 2.31. The SMILES string of the molecule is COc1ncccc1CC(Cc1ccc(Cl)cc1)C(=O)O. The number of rotatable bonds is 6. The van der Waals surface area contributed by atoms with Crippen molar-refractivity contribution < 1.29 is 14.6 Å².